The molecule has 4 aromatic carbocycles. The first-order valence-corrected chi connectivity index (χ1v) is 15.8. The molecule has 0 spiro atoms. The van der Waals surface area contributed by atoms with Crippen LogP contribution in [0, 0.1) is 0 Å². The van der Waals surface area contributed by atoms with Crippen molar-refractivity contribution in [2.75, 3.05) is 31.1 Å². The van der Waals surface area contributed by atoms with Crippen LogP contribution in [-0.2, 0) is 12.8 Å². The summed E-state index contributed by atoms with van der Waals surface area (Å²) in [5.74, 6) is 2.93. The first kappa shape index (κ1) is 29.2. The minimum atomic E-state index is 0.0583. The van der Waals surface area contributed by atoms with Gasteiger partial charge in [-0.05, 0) is 60.4 Å². The normalized spacial score (nSPS) is 13.5. The Hall–Kier alpha value is -5.50. The lowest BCUT2D eigenvalue weighted by Crippen LogP contribution is -2.35. The van der Waals surface area contributed by atoms with Crippen LogP contribution in [0.1, 0.15) is 40.7 Å². The molecule has 0 bridgehead atoms. The molecule has 1 amide bonds. The Bertz CT molecular complexity index is 1940. The number of hydrogen-bond acceptors (Lipinski definition) is 7. The second-order valence-electron chi connectivity index (χ2n) is 11.5. The average molecular weight is 610 g/mol. The van der Waals surface area contributed by atoms with Crippen LogP contribution in [-0.4, -0.2) is 52.1 Å². The molecule has 0 unspecified atom stereocenters. The Labute approximate surface area is 268 Å². The molecule has 3 heterocycles. The third kappa shape index (κ3) is 6.33. The number of benzene rings is 4. The maximum absolute atomic E-state index is 13.5. The van der Waals surface area contributed by atoms with Crippen LogP contribution in [0.4, 0.5) is 5.82 Å². The number of anilines is 1. The third-order valence-electron chi connectivity index (χ3n) is 8.35. The van der Waals surface area contributed by atoms with E-state index in [0.29, 0.717) is 49.0 Å². The summed E-state index contributed by atoms with van der Waals surface area (Å²) in [7, 11) is 0. The SMILES string of the molecule is CCc1ccc(C(=O)N2CCCN(c3nc(Cc4ccccc4)nc4onc(-c5cccc(Oc6ccccc6)c5)c34)CC2)cc1. The molecule has 8 nitrogen and oxygen atoms in total. The first-order chi connectivity index (χ1) is 22.6. The van der Waals surface area contributed by atoms with Gasteiger partial charge in [0, 0.05) is 43.7 Å². The van der Waals surface area contributed by atoms with Gasteiger partial charge in [0.2, 0.25) is 0 Å². The number of aryl methyl sites for hydroxylation is 1. The van der Waals surface area contributed by atoms with Crippen molar-refractivity contribution in [3.8, 4) is 22.8 Å². The predicted octanol–water partition coefficient (Wildman–Crippen LogP) is 7.58. The van der Waals surface area contributed by atoms with Gasteiger partial charge in [-0.1, -0.05) is 84.9 Å². The van der Waals surface area contributed by atoms with Crippen molar-refractivity contribution in [1.82, 2.24) is 20.0 Å². The zero-order valence-corrected chi connectivity index (χ0v) is 25.8. The fourth-order valence-corrected chi connectivity index (χ4v) is 5.89. The van der Waals surface area contributed by atoms with Crippen molar-refractivity contribution in [1.29, 1.82) is 0 Å². The van der Waals surface area contributed by atoms with E-state index in [1.165, 1.54) is 5.56 Å². The molecule has 1 fully saturated rings. The van der Waals surface area contributed by atoms with E-state index < -0.39 is 0 Å². The molecule has 230 valence electrons. The molecule has 1 saturated heterocycles. The number of carbonyl (C=O) groups excluding carboxylic acids is 1. The van der Waals surface area contributed by atoms with Gasteiger partial charge >= 0.3 is 0 Å². The van der Waals surface area contributed by atoms with E-state index >= 15 is 0 Å². The first-order valence-electron chi connectivity index (χ1n) is 15.8. The van der Waals surface area contributed by atoms with Gasteiger partial charge in [-0.3, -0.25) is 4.79 Å². The topological polar surface area (TPSA) is 84.6 Å². The van der Waals surface area contributed by atoms with Crippen molar-refractivity contribution in [3.63, 3.8) is 0 Å². The van der Waals surface area contributed by atoms with E-state index in [0.717, 1.165) is 53.0 Å². The number of fused-ring (bicyclic) bond motifs is 1. The quantitative estimate of drug-likeness (QED) is 0.176. The van der Waals surface area contributed by atoms with Gasteiger partial charge < -0.3 is 19.1 Å². The number of para-hydroxylation sites is 1. The molecule has 0 saturated carbocycles. The van der Waals surface area contributed by atoms with Crippen molar-refractivity contribution in [2.24, 2.45) is 0 Å². The molecule has 1 aliphatic heterocycles. The largest absolute Gasteiger partial charge is 0.457 e. The molecule has 1 aliphatic rings. The van der Waals surface area contributed by atoms with E-state index in [9.17, 15) is 4.79 Å². The van der Waals surface area contributed by atoms with E-state index in [2.05, 4.69) is 29.1 Å². The van der Waals surface area contributed by atoms with Gasteiger partial charge in [0.05, 0.1) is 0 Å². The number of hydrogen-bond donors (Lipinski definition) is 0. The zero-order chi connectivity index (χ0) is 31.3. The van der Waals surface area contributed by atoms with Crippen molar-refractivity contribution in [3.05, 3.63) is 132 Å². The third-order valence-corrected chi connectivity index (χ3v) is 8.35. The smallest absolute Gasteiger partial charge is 0.263 e. The van der Waals surface area contributed by atoms with Crippen LogP contribution in [0.25, 0.3) is 22.4 Å². The summed E-state index contributed by atoms with van der Waals surface area (Å²) < 4.78 is 12.0. The lowest BCUT2D eigenvalue weighted by atomic mass is 10.1. The van der Waals surface area contributed by atoms with Gasteiger partial charge in [-0.15, -0.1) is 0 Å². The van der Waals surface area contributed by atoms with Crippen LogP contribution >= 0.6 is 0 Å². The monoisotopic (exact) mass is 609 g/mol. The fraction of sp³-hybridized carbons (Fsp3) is 0.211. The number of aromatic nitrogens is 3. The van der Waals surface area contributed by atoms with Crippen LogP contribution in [0.3, 0.4) is 0 Å². The Morgan fingerprint density at radius 3 is 2.33 bits per heavy atom. The van der Waals surface area contributed by atoms with Crippen LogP contribution in [0.5, 0.6) is 11.5 Å². The van der Waals surface area contributed by atoms with Crippen LogP contribution in [0.2, 0.25) is 0 Å². The van der Waals surface area contributed by atoms with Gasteiger partial charge in [-0.25, -0.2) is 4.98 Å². The molecule has 6 aromatic rings. The summed E-state index contributed by atoms with van der Waals surface area (Å²) in [6.07, 6.45) is 2.31. The Kier molecular flexibility index (Phi) is 8.41. The van der Waals surface area contributed by atoms with E-state index in [4.69, 9.17) is 19.2 Å². The number of carbonyl (C=O) groups is 1. The summed E-state index contributed by atoms with van der Waals surface area (Å²) in [4.78, 5) is 27.6. The molecule has 0 atom stereocenters. The van der Waals surface area contributed by atoms with E-state index in [-0.39, 0.29) is 5.91 Å². The standard InChI is InChI=1S/C38H35N5O3/c1-2-27-17-19-29(20-18-27)38(44)43-22-10-21-42(23-24-43)36-34-35(30-13-9-16-32(26-30)45-31-14-7-4-8-15-31)41-46-37(34)40-33(39-36)25-28-11-5-3-6-12-28/h3-9,11-20,26H,2,10,21-25H2,1H3. The van der Waals surface area contributed by atoms with Gasteiger partial charge in [0.25, 0.3) is 11.6 Å². The van der Waals surface area contributed by atoms with Crippen molar-refractivity contribution in [2.45, 2.75) is 26.2 Å². The highest BCUT2D eigenvalue weighted by atomic mass is 16.5. The molecule has 8 heteroatoms. The number of ether oxygens (including phenoxy) is 1. The number of nitrogens with zero attached hydrogens (tertiary/aromatic N) is 5. The minimum Gasteiger partial charge on any atom is -0.457 e. The Morgan fingerprint density at radius 2 is 1.54 bits per heavy atom. The summed E-state index contributed by atoms with van der Waals surface area (Å²) in [6.45, 7) is 4.72. The lowest BCUT2D eigenvalue weighted by Gasteiger charge is -2.24. The maximum Gasteiger partial charge on any atom is 0.263 e. The molecule has 0 aliphatic carbocycles. The highest BCUT2D eigenvalue weighted by molar-refractivity contribution is 5.98. The lowest BCUT2D eigenvalue weighted by molar-refractivity contribution is 0.0767. The molecule has 0 N–H and O–H groups in total. The zero-order valence-electron chi connectivity index (χ0n) is 25.8. The van der Waals surface area contributed by atoms with Crippen molar-refractivity contribution >= 4 is 22.8 Å². The summed E-state index contributed by atoms with van der Waals surface area (Å²) in [5.41, 5.74) is 4.99. The van der Waals surface area contributed by atoms with Crippen LogP contribution < -0.4 is 9.64 Å². The van der Waals surface area contributed by atoms with E-state index in [1.54, 1.807) is 0 Å². The van der Waals surface area contributed by atoms with Gasteiger partial charge in [0.1, 0.15) is 34.2 Å². The van der Waals surface area contributed by atoms with Crippen LogP contribution in [0.15, 0.2) is 114 Å². The van der Waals surface area contributed by atoms with E-state index in [1.807, 2.05) is 102 Å². The second-order valence-corrected chi connectivity index (χ2v) is 11.5. The number of amides is 1. The average Bonchev–Trinajstić information content (AvgIpc) is 3.37. The number of rotatable bonds is 8. The molecular formula is C38H35N5O3. The fourth-order valence-electron chi connectivity index (χ4n) is 5.89. The summed E-state index contributed by atoms with van der Waals surface area (Å²) >= 11 is 0. The summed E-state index contributed by atoms with van der Waals surface area (Å²) in [5, 5.41) is 5.27. The Balaban J connectivity index is 1.23. The summed E-state index contributed by atoms with van der Waals surface area (Å²) in [6, 6.07) is 35.6. The predicted molar refractivity (Wildman–Crippen MR) is 179 cm³/mol. The van der Waals surface area contributed by atoms with Crippen molar-refractivity contribution < 1.29 is 14.1 Å². The highest BCUT2D eigenvalue weighted by Gasteiger charge is 2.26. The highest BCUT2D eigenvalue weighted by Crippen LogP contribution is 2.36. The molecule has 7 rings (SSSR count). The molecule has 46 heavy (non-hydrogen) atoms. The minimum absolute atomic E-state index is 0.0583. The molecule has 2 aromatic heterocycles. The molecular weight excluding hydrogens is 574 g/mol. The maximum atomic E-state index is 13.5. The van der Waals surface area contributed by atoms with Gasteiger partial charge in [-0.2, -0.15) is 4.98 Å². The van der Waals surface area contributed by atoms with Gasteiger partial charge in [0.15, 0.2) is 0 Å². The molecule has 0 radical (unpaired) electrons. The second kappa shape index (κ2) is 13.2. The Morgan fingerprint density at radius 1 is 0.783 bits per heavy atom.